The molecular weight excluding hydrogens is 412 g/mol. The lowest BCUT2D eigenvalue weighted by Gasteiger charge is -2.15. The van der Waals surface area contributed by atoms with Gasteiger partial charge in [0, 0.05) is 22.9 Å². The van der Waals surface area contributed by atoms with Crippen LogP contribution >= 0.6 is 0 Å². The molecule has 0 aliphatic carbocycles. The van der Waals surface area contributed by atoms with Crippen LogP contribution in [0.4, 0.5) is 0 Å². The number of ketones is 1. The van der Waals surface area contributed by atoms with Gasteiger partial charge < -0.3 is 23.7 Å². The van der Waals surface area contributed by atoms with Crippen molar-refractivity contribution in [3.8, 4) is 17.2 Å². The fourth-order valence-corrected chi connectivity index (χ4v) is 3.53. The third-order valence-electron chi connectivity index (χ3n) is 5.19. The number of phenolic OH excluding ortho intramolecular Hbond substituents is 1. The number of aromatic hydroxyl groups is 1. The van der Waals surface area contributed by atoms with Crippen LogP contribution in [0.2, 0.25) is 0 Å². The van der Waals surface area contributed by atoms with E-state index in [0.717, 1.165) is 17.4 Å². The van der Waals surface area contributed by atoms with E-state index in [1.54, 1.807) is 18.2 Å². The molecular formula is C25H28O7. The molecule has 0 radical (unpaired) electrons. The van der Waals surface area contributed by atoms with Crippen LogP contribution in [-0.2, 0) is 11.2 Å². The molecule has 7 nitrogen and oxygen atoms in total. The van der Waals surface area contributed by atoms with Crippen molar-refractivity contribution in [1.82, 2.24) is 0 Å². The topological polar surface area (TPSA) is 95.2 Å². The van der Waals surface area contributed by atoms with Crippen LogP contribution in [-0.4, -0.2) is 37.2 Å². The number of esters is 1. The van der Waals surface area contributed by atoms with Crippen molar-refractivity contribution in [1.29, 1.82) is 0 Å². The summed E-state index contributed by atoms with van der Waals surface area (Å²) in [5.74, 6) is 0.698. The second-order valence-electron chi connectivity index (χ2n) is 7.50. The summed E-state index contributed by atoms with van der Waals surface area (Å²) in [6.45, 7) is 6.11. The molecule has 0 aliphatic rings. The highest BCUT2D eigenvalue weighted by Crippen LogP contribution is 2.33. The van der Waals surface area contributed by atoms with Crippen LogP contribution in [0, 0.1) is 6.92 Å². The number of Topliss-reactive ketones (excluding diaryl/α,β-unsaturated/α-hetero) is 1. The lowest BCUT2D eigenvalue weighted by atomic mass is 10.0. The molecule has 0 unspecified atom stereocenters. The first kappa shape index (κ1) is 23.2. The number of hydrogen-bond donors (Lipinski definition) is 1. The number of fused-ring (bicyclic) bond motifs is 1. The molecule has 32 heavy (non-hydrogen) atoms. The predicted molar refractivity (Wildman–Crippen MR) is 120 cm³/mol. The maximum atomic E-state index is 11.7. The van der Waals surface area contributed by atoms with Crippen molar-refractivity contribution in [3.05, 3.63) is 52.8 Å². The molecule has 0 saturated heterocycles. The Kier molecular flexibility index (Phi) is 7.41. The molecule has 3 rings (SSSR count). The average Bonchev–Trinajstić information content (AvgIpc) is 3.21. The van der Waals surface area contributed by atoms with Gasteiger partial charge in [-0.05, 0) is 50.6 Å². The maximum Gasteiger partial charge on any atom is 0.373 e. The highest BCUT2D eigenvalue weighted by atomic mass is 16.5. The fraction of sp³-hybridized carbons (Fsp3) is 0.360. The van der Waals surface area contributed by atoms with Gasteiger partial charge in [-0.2, -0.15) is 0 Å². The predicted octanol–water partition coefficient (Wildman–Crippen LogP) is 5.24. The van der Waals surface area contributed by atoms with Gasteiger partial charge in [0.1, 0.15) is 22.8 Å². The Morgan fingerprint density at radius 1 is 1.06 bits per heavy atom. The number of rotatable bonds is 10. The van der Waals surface area contributed by atoms with Gasteiger partial charge in [-0.3, -0.25) is 4.79 Å². The van der Waals surface area contributed by atoms with Crippen molar-refractivity contribution >= 4 is 22.7 Å². The minimum Gasteiger partial charge on any atom is -0.507 e. The first-order valence-corrected chi connectivity index (χ1v) is 10.6. The van der Waals surface area contributed by atoms with E-state index in [1.807, 2.05) is 26.0 Å². The van der Waals surface area contributed by atoms with E-state index in [1.165, 1.54) is 14.0 Å². The van der Waals surface area contributed by atoms with E-state index in [-0.39, 0.29) is 17.3 Å². The van der Waals surface area contributed by atoms with E-state index in [4.69, 9.17) is 18.6 Å². The second kappa shape index (κ2) is 10.2. The average molecular weight is 440 g/mol. The number of furan rings is 1. The van der Waals surface area contributed by atoms with Gasteiger partial charge in [0.05, 0.1) is 25.9 Å². The van der Waals surface area contributed by atoms with Gasteiger partial charge in [0.15, 0.2) is 5.78 Å². The Morgan fingerprint density at radius 2 is 1.75 bits per heavy atom. The zero-order valence-electron chi connectivity index (χ0n) is 18.8. The second-order valence-corrected chi connectivity index (χ2v) is 7.50. The molecule has 0 fully saturated rings. The largest absolute Gasteiger partial charge is 0.507 e. The van der Waals surface area contributed by atoms with Gasteiger partial charge in [0.25, 0.3) is 0 Å². The van der Waals surface area contributed by atoms with Crippen molar-refractivity contribution in [2.75, 3.05) is 20.3 Å². The van der Waals surface area contributed by atoms with Crippen LogP contribution in [0.25, 0.3) is 11.0 Å². The number of ether oxygens (including phenoxy) is 3. The van der Waals surface area contributed by atoms with Crippen molar-refractivity contribution < 1.29 is 33.3 Å². The lowest BCUT2D eigenvalue weighted by Crippen LogP contribution is -2.07. The Balaban J connectivity index is 1.61. The number of carbonyl (C=O) groups excluding carboxylic acids is 2. The van der Waals surface area contributed by atoms with E-state index >= 15 is 0 Å². The summed E-state index contributed by atoms with van der Waals surface area (Å²) < 4.78 is 22.1. The molecule has 1 N–H and O–H groups in total. The SMILES string of the molecule is CCCc1c(OCCCOc2ccc3cc(C(=O)OC)oc3c2C)ccc(C(C)=O)c1O. The zero-order chi connectivity index (χ0) is 23.3. The molecule has 0 atom stereocenters. The Morgan fingerprint density at radius 3 is 2.41 bits per heavy atom. The van der Waals surface area contributed by atoms with Gasteiger partial charge in [-0.1, -0.05) is 13.3 Å². The number of carbonyl (C=O) groups is 2. The minimum atomic E-state index is -0.523. The molecule has 170 valence electrons. The van der Waals surface area contributed by atoms with Crippen LogP contribution in [0.1, 0.15) is 58.7 Å². The summed E-state index contributed by atoms with van der Waals surface area (Å²) in [5, 5.41) is 11.2. The summed E-state index contributed by atoms with van der Waals surface area (Å²) in [6, 6.07) is 8.64. The molecule has 1 aromatic heterocycles. The standard InChI is InChI=1S/C25H28O7/c1-5-7-19-21(11-9-18(16(3)26)23(19)27)31-13-6-12-30-20-10-8-17-14-22(25(28)29-4)32-24(17)15(20)2/h8-11,14,27H,5-7,12-13H2,1-4H3. The summed E-state index contributed by atoms with van der Waals surface area (Å²) in [5.41, 5.74) is 2.35. The molecule has 0 aliphatic heterocycles. The van der Waals surface area contributed by atoms with Crippen LogP contribution < -0.4 is 9.47 Å². The summed E-state index contributed by atoms with van der Waals surface area (Å²) >= 11 is 0. The molecule has 0 bridgehead atoms. The fourth-order valence-electron chi connectivity index (χ4n) is 3.53. The molecule has 7 heteroatoms. The maximum absolute atomic E-state index is 11.7. The summed E-state index contributed by atoms with van der Waals surface area (Å²) in [4.78, 5) is 23.4. The summed E-state index contributed by atoms with van der Waals surface area (Å²) in [7, 11) is 1.31. The first-order chi connectivity index (χ1) is 15.4. The molecule has 3 aromatic rings. The molecule has 0 amide bonds. The van der Waals surface area contributed by atoms with Crippen LogP contribution in [0.3, 0.4) is 0 Å². The third kappa shape index (κ3) is 4.88. The Labute approximate surface area is 186 Å². The highest BCUT2D eigenvalue weighted by molar-refractivity contribution is 5.97. The van der Waals surface area contributed by atoms with E-state index in [0.29, 0.717) is 54.3 Å². The van der Waals surface area contributed by atoms with E-state index in [2.05, 4.69) is 0 Å². The highest BCUT2D eigenvalue weighted by Gasteiger charge is 2.17. The van der Waals surface area contributed by atoms with Crippen molar-refractivity contribution in [2.45, 2.75) is 40.0 Å². The van der Waals surface area contributed by atoms with E-state index < -0.39 is 5.97 Å². The van der Waals surface area contributed by atoms with Crippen LogP contribution in [0.15, 0.2) is 34.7 Å². The van der Waals surface area contributed by atoms with Crippen molar-refractivity contribution in [2.24, 2.45) is 0 Å². The smallest absolute Gasteiger partial charge is 0.373 e. The third-order valence-corrected chi connectivity index (χ3v) is 5.19. The number of phenols is 1. The van der Waals surface area contributed by atoms with Crippen LogP contribution in [0.5, 0.6) is 17.2 Å². The molecule has 0 spiro atoms. The normalized spacial score (nSPS) is 10.9. The first-order valence-electron chi connectivity index (χ1n) is 10.6. The van der Waals surface area contributed by atoms with Gasteiger partial charge in [-0.15, -0.1) is 0 Å². The number of aryl methyl sites for hydroxylation is 1. The Bertz CT molecular complexity index is 1130. The number of hydrogen-bond acceptors (Lipinski definition) is 7. The minimum absolute atomic E-state index is 0.00167. The summed E-state index contributed by atoms with van der Waals surface area (Å²) in [6.07, 6.45) is 2.05. The van der Waals surface area contributed by atoms with Crippen molar-refractivity contribution in [3.63, 3.8) is 0 Å². The molecule has 0 saturated carbocycles. The molecule has 2 aromatic carbocycles. The zero-order valence-corrected chi connectivity index (χ0v) is 18.8. The van der Waals surface area contributed by atoms with Gasteiger partial charge in [-0.25, -0.2) is 4.79 Å². The quantitative estimate of drug-likeness (QED) is 0.262. The number of benzene rings is 2. The van der Waals surface area contributed by atoms with Gasteiger partial charge >= 0.3 is 5.97 Å². The number of methoxy groups -OCH3 is 1. The van der Waals surface area contributed by atoms with Gasteiger partial charge in [0.2, 0.25) is 5.76 Å². The molecule has 1 heterocycles. The Hall–Kier alpha value is -3.48. The lowest BCUT2D eigenvalue weighted by molar-refractivity contribution is 0.0567. The van der Waals surface area contributed by atoms with E-state index in [9.17, 15) is 14.7 Å². The monoisotopic (exact) mass is 440 g/mol.